The molecule has 1 atom stereocenters. The molecule has 0 saturated heterocycles. The van der Waals surface area contributed by atoms with Crippen LogP contribution in [0, 0.1) is 5.92 Å². The third-order valence-electron chi connectivity index (χ3n) is 4.30. The Kier molecular flexibility index (Phi) is 5.00. The second-order valence-electron chi connectivity index (χ2n) is 5.69. The molecule has 1 fully saturated rings. The quantitative estimate of drug-likeness (QED) is 0.779. The summed E-state index contributed by atoms with van der Waals surface area (Å²) in [7, 11) is 0. The Morgan fingerprint density at radius 2 is 1.84 bits per heavy atom. The smallest absolute Gasteiger partial charge is 0.159 e. The summed E-state index contributed by atoms with van der Waals surface area (Å²) >= 11 is 0. The molecule has 0 radical (unpaired) electrons. The topological polar surface area (TPSA) is 29.1 Å². The summed E-state index contributed by atoms with van der Waals surface area (Å²) < 4.78 is 0. The highest BCUT2D eigenvalue weighted by Gasteiger charge is 2.21. The van der Waals surface area contributed by atoms with Crippen molar-refractivity contribution in [1.82, 2.24) is 0 Å². The number of carbonyl (C=O) groups excluding carboxylic acids is 1. The van der Waals surface area contributed by atoms with Crippen molar-refractivity contribution in [2.24, 2.45) is 5.92 Å². The lowest BCUT2D eigenvalue weighted by molar-refractivity contribution is 0.101. The van der Waals surface area contributed by atoms with Crippen LogP contribution >= 0.6 is 0 Å². The Morgan fingerprint density at radius 3 is 2.37 bits per heavy atom. The molecule has 1 aliphatic carbocycles. The van der Waals surface area contributed by atoms with Crippen LogP contribution in [0.2, 0.25) is 0 Å². The van der Waals surface area contributed by atoms with Crippen LogP contribution in [0.5, 0.6) is 0 Å². The number of nitrogens with one attached hydrogen (secondary N) is 1. The van der Waals surface area contributed by atoms with Crippen LogP contribution in [0.15, 0.2) is 24.3 Å². The van der Waals surface area contributed by atoms with E-state index in [0.29, 0.717) is 6.04 Å². The van der Waals surface area contributed by atoms with Gasteiger partial charge in [0.2, 0.25) is 0 Å². The molecule has 1 unspecified atom stereocenters. The lowest BCUT2D eigenvalue weighted by atomic mass is 9.83. The van der Waals surface area contributed by atoms with E-state index in [1.54, 1.807) is 6.92 Å². The molecule has 0 heterocycles. The summed E-state index contributed by atoms with van der Waals surface area (Å²) in [4.78, 5) is 11.3. The minimum atomic E-state index is 0.130. The minimum Gasteiger partial charge on any atom is -0.382 e. The standard InChI is InChI=1S/C17H25NO/c1-3-17(15-7-5-4-6-8-15)18-16-11-9-14(10-12-16)13(2)19/h9-12,15,17-18H,3-8H2,1-2H3. The molecule has 0 spiro atoms. The average molecular weight is 259 g/mol. The minimum absolute atomic E-state index is 0.130. The number of carbonyl (C=O) groups is 1. The maximum Gasteiger partial charge on any atom is 0.159 e. The van der Waals surface area contributed by atoms with Crippen molar-refractivity contribution in [1.29, 1.82) is 0 Å². The highest BCUT2D eigenvalue weighted by molar-refractivity contribution is 5.94. The molecule has 19 heavy (non-hydrogen) atoms. The molecule has 1 N–H and O–H groups in total. The zero-order valence-electron chi connectivity index (χ0n) is 12.1. The number of hydrogen-bond donors (Lipinski definition) is 1. The summed E-state index contributed by atoms with van der Waals surface area (Å²) in [5, 5.41) is 3.65. The molecule has 1 saturated carbocycles. The van der Waals surface area contributed by atoms with Crippen molar-refractivity contribution in [2.45, 2.75) is 58.4 Å². The van der Waals surface area contributed by atoms with Crippen LogP contribution in [-0.2, 0) is 0 Å². The third-order valence-corrected chi connectivity index (χ3v) is 4.30. The Morgan fingerprint density at radius 1 is 1.21 bits per heavy atom. The van der Waals surface area contributed by atoms with Gasteiger partial charge in [0.1, 0.15) is 0 Å². The number of hydrogen-bond acceptors (Lipinski definition) is 2. The van der Waals surface area contributed by atoms with Crippen molar-refractivity contribution in [2.75, 3.05) is 5.32 Å². The Labute approximate surface area is 116 Å². The van der Waals surface area contributed by atoms with Gasteiger partial charge in [-0.15, -0.1) is 0 Å². The second kappa shape index (κ2) is 6.74. The number of ketones is 1. The van der Waals surface area contributed by atoms with Gasteiger partial charge in [-0.05, 0) is 56.4 Å². The Balaban J connectivity index is 1.99. The monoisotopic (exact) mass is 259 g/mol. The van der Waals surface area contributed by atoms with E-state index in [4.69, 9.17) is 0 Å². The van der Waals surface area contributed by atoms with E-state index in [1.807, 2.05) is 24.3 Å². The first-order chi connectivity index (χ1) is 9.20. The van der Waals surface area contributed by atoms with Gasteiger partial charge < -0.3 is 5.32 Å². The van der Waals surface area contributed by atoms with Crippen molar-refractivity contribution >= 4 is 11.5 Å². The van der Waals surface area contributed by atoms with E-state index < -0.39 is 0 Å². The van der Waals surface area contributed by atoms with Gasteiger partial charge in [0.15, 0.2) is 5.78 Å². The number of rotatable bonds is 5. The van der Waals surface area contributed by atoms with Gasteiger partial charge in [0.05, 0.1) is 0 Å². The SMILES string of the molecule is CCC(Nc1ccc(C(C)=O)cc1)C1CCCCC1. The summed E-state index contributed by atoms with van der Waals surface area (Å²) in [6.45, 7) is 3.87. The maximum absolute atomic E-state index is 11.3. The zero-order valence-corrected chi connectivity index (χ0v) is 12.1. The van der Waals surface area contributed by atoms with E-state index in [1.165, 1.54) is 38.5 Å². The molecule has 1 aromatic rings. The lowest BCUT2D eigenvalue weighted by Crippen LogP contribution is -2.30. The molecule has 104 valence electrons. The molecule has 1 aromatic carbocycles. The van der Waals surface area contributed by atoms with Crippen LogP contribution in [0.4, 0.5) is 5.69 Å². The molecule has 0 aromatic heterocycles. The van der Waals surface area contributed by atoms with Crippen LogP contribution in [-0.4, -0.2) is 11.8 Å². The predicted molar refractivity (Wildman–Crippen MR) is 80.7 cm³/mol. The molecular formula is C17H25NO. The fourth-order valence-electron chi connectivity index (χ4n) is 3.11. The molecule has 2 rings (SSSR count). The fourth-order valence-corrected chi connectivity index (χ4v) is 3.11. The highest BCUT2D eigenvalue weighted by Crippen LogP contribution is 2.29. The van der Waals surface area contributed by atoms with Crippen LogP contribution in [0.3, 0.4) is 0 Å². The van der Waals surface area contributed by atoms with Gasteiger partial charge in [-0.2, -0.15) is 0 Å². The van der Waals surface area contributed by atoms with E-state index >= 15 is 0 Å². The largest absolute Gasteiger partial charge is 0.382 e. The van der Waals surface area contributed by atoms with E-state index in [2.05, 4.69) is 12.2 Å². The average Bonchev–Trinajstić information content (AvgIpc) is 2.46. The van der Waals surface area contributed by atoms with E-state index in [0.717, 1.165) is 17.2 Å². The number of Topliss-reactive ketones (excluding diaryl/α,β-unsaturated/α-hetero) is 1. The van der Waals surface area contributed by atoms with Gasteiger partial charge in [-0.3, -0.25) is 4.79 Å². The number of benzene rings is 1. The van der Waals surface area contributed by atoms with E-state index in [9.17, 15) is 4.79 Å². The zero-order chi connectivity index (χ0) is 13.7. The lowest BCUT2D eigenvalue weighted by Gasteiger charge is -2.31. The molecule has 0 amide bonds. The molecule has 2 nitrogen and oxygen atoms in total. The first-order valence-electron chi connectivity index (χ1n) is 7.58. The summed E-state index contributed by atoms with van der Waals surface area (Å²) in [6.07, 6.45) is 8.05. The summed E-state index contributed by atoms with van der Waals surface area (Å²) in [5.41, 5.74) is 1.93. The first kappa shape index (κ1) is 14.1. The van der Waals surface area contributed by atoms with Crippen LogP contribution in [0.25, 0.3) is 0 Å². The van der Waals surface area contributed by atoms with Crippen molar-refractivity contribution < 1.29 is 4.79 Å². The van der Waals surface area contributed by atoms with Crippen molar-refractivity contribution in [3.63, 3.8) is 0 Å². The predicted octanol–water partition coefficient (Wildman–Crippen LogP) is 4.66. The van der Waals surface area contributed by atoms with Gasteiger partial charge in [-0.25, -0.2) is 0 Å². The first-order valence-corrected chi connectivity index (χ1v) is 7.58. The molecule has 0 bridgehead atoms. The Hall–Kier alpha value is -1.31. The second-order valence-corrected chi connectivity index (χ2v) is 5.69. The normalized spacial score (nSPS) is 18.0. The van der Waals surface area contributed by atoms with Gasteiger partial charge in [0.25, 0.3) is 0 Å². The third kappa shape index (κ3) is 3.82. The Bertz CT molecular complexity index is 404. The van der Waals surface area contributed by atoms with E-state index in [-0.39, 0.29) is 5.78 Å². The highest BCUT2D eigenvalue weighted by atomic mass is 16.1. The van der Waals surface area contributed by atoms with Gasteiger partial charge in [-0.1, -0.05) is 26.2 Å². The van der Waals surface area contributed by atoms with Crippen LogP contribution < -0.4 is 5.32 Å². The van der Waals surface area contributed by atoms with Crippen molar-refractivity contribution in [3.05, 3.63) is 29.8 Å². The molecule has 2 heteroatoms. The van der Waals surface area contributed by atoms with Gasteiger partial charge in [0, 0.05) is 17.3 Å². The fraction of sp³-hybridized carbons (Fsp3) is 0.588. The molecular weight excluding hydrogens is 234 g/mol. The molecule has 1 aliphatic rings. The molecule has 0 aliphatic heterocycles. The summed E-state index contributed by atoms with van der Waals surface area (Å²) in [5.74, 6) is 0.942. The summed E-state index contributed by atoms with van der Waals surface area (Å²) in [6, 6.07) is 8.46. The van der Waals surface area contributed by atoms with Crippen LogP contribution in [0.1, 0.15) is 62.7 Å². The van der Waals surface area contributed by atoms with Gasteiger partial charge >= 0.3 is 0 Å². The van der Waals surface area contributed by atoms with Crippen molar-refractivity contribution in [3.8, 4) is 0 Å². The number of anilines is 1. The maximum atomic E-state index is 11.3.